The molecule has 5 nitrogen and oxygen atoms in total. The van der Waals surface area contributed by atoms with E-state index in [0.29, 0.717) is 5.69 Å². The fourth-order valence-corrected chi connectivity index (χ4v) is 1.24. The van der Waals surface area contributed by atoms with Crippen molar-refractivity contribution < 1.29 is 18.0 Å². The number of hydrogen-bond donors (Lipinski definition) is 0. The van der Waals surface area contributed by atoms with Gasteiger partial charge in [0.15, 0.2) is 0 Å². The molecule has 0 unspecified atom stereocenters. The molecule has 2 rings (SSSR count). The quantitative estimate of drug-likeness (QED) is 0.839. The first-order valence-corrected chi connectivity index (χ1v) is 5.21. The van der Waals surface area contributed by atoms with Crippen molar-refractivity contribution in [2.75, 3.05) is 0 Å². The van der Waals surface area contributed by atoms with Crippen molar-refractivity contribution in [3.05, 3.63) is 35.5 Å². The summed E-state index contributed by atoms with van der Waals surface area (Å²) in [5, 5.41) is 3.70. The molecular formula is C11H11F2N3O2. The second-order valence-electron chi connectivity index (χ2n) is 3.85. The topological polar surface area (TPSA) is 61.0 Å². The van der Waals surface area contributed by atoms with E-state index in [2.05, 4.69) is 15.1 Å². The maximum Gasteiger partial charge on any atom is 0.317 e. The molecule has 2 heterocycles. The van der Waals surface area contributed by atoms with Gasteiger partial charge in [0.25, 0.3) is 5.92 Å². The molecule has 0 aliphatic heterocycles. The Balaban J connectivity index is 2.09. The summed E-state index contributed by atoms with van der Waals surface area (Å²) >= 11 is 0. The van der Waals surface area contributed by atoms with Crippen molar-refractivity contribution in [1.29, 1.82) is 0 Å². The molecule has 0 aliphatic rings. The first kappa shape index (κ1) is 12.4. The van der Waals surface area contributed by atoms with Crippen LogP contribution in [-0.4, -0.2) is 15.1 Å². The maximum absolute atomic E-state index is 13.0. The Hall–Kier alpha value is -2.05. The molecule has 0 saturated heterocycles. The molecule has 2 aromatic rings. The Bertz CT molecular complexity index is 537. The normalized spacial score (nSPS) is 11.6. The molecule has 96 valence electrons. The standard InChI is InChI=1S/C11H11F2N3O2/c1-7-5-18-16-8(7)6-17-10-14-4-3-9(15-10)11(2,12)13/h3-5H,6H2,1-2H3. The van der Waals surface area contributed by atoms with Crippen LogP contribution >= 0.6 is 0 Å². The summed E-state index contributed by atoms with van der Waals surface area (Å²) in [4.78, 5) is 7.39. The van der Waals surface area contributed by atoms with Crippen LogP contribution in [0, 0.1) is 6.92 Å². The van der Waals surface area contributed by atoms with E-state index in [1.165, 1.54) is 12.5 Å². The van der Waals surface area contributed by atoms with Crippen molar-refractivity contribution in [1.82, 2.24) is 15.1 Å². The maximum atomic E-state index is 13.0. The molecule has 0 N–H and O–H groups in total. The van der Waals surface area contributed by atoms with E-state index in [9.17, 15) is 8.78 Å². The molecule has 0 amide bonds. The monoisotopic (exact) mass is 255 g/mol. The lowest BCUT2D eigenvalue weighted by Gasteiger charge is -2.10. The predicted molar refractivity (Wildman–Crippen MR) is 57.2 cm³/mol. The number of aryl methyl sites for hydroxylation is 1. The fraction of sp³-hybridized carbons (Fsp3) is 0.364. The lowest BCUT2D eigenvalue weighted by Crippen LogP contribution is -2.11. The van der Waals surface area contributed by atoms with Gasteiger partial charge in [-0.25, -0.2) is 4.98 Å². The molecule has 0 bridgehead atoms. The van der Waals surface area contributed by atoms with E-state index < -0.39 is 5.92 Å². The van der Waals surface area contributed by atoms with Crippen LogP contribution in [0.3, 0.4) is 0 Å². The number of nitrogens with zero attached hydrogens (tertiary/aromatic N) is 3. The molecule has 0 saturated carbocycles. The molecular weight excluding hydrogens is 244 g/mol. The van der Waals surface area contributed by atoms with Crippen LogP contribution in [0.5, 0.6) is 6.01 Å². The number of ether oxygens (including phenoxy) is 1. The molecule has 7 heteroatoms. The van der Waals surface area contributed by atoms with Crippen LogP contribution in [0.4, 0.5) is 8.78 Å². The second-order valence-corrected chi connectivity index (χ2v) is 3.85. The number of alkyl halides is 2. The first-order chi connectivity index (χ1) is 8.47. The van der Waals surface area contributed by atoms with Gasteiger partial charge in [0.1, 0.15) is 24.3 Å². The lowest BCUT2D eigenvalue weighted by molar-refractivity contribution is 0.0117. The fourth-order valence-electron chi connectivity index (χ4n) is 1.24. The van der Waals surface area contributed by atoms with Crippen LogP contribution in [0.2, 0.25) is 0 Å². The van der Waals surface area contributed by atoms with Crippen LogP contribution in [0.15, 0.2) is 23.0 Å². The largest absolute Gasteiger partial charge is 0.457 e. The molecule has 2 aromatic heterocycles. The Morgan fingerprint density at radius 1 is 1.44 bits per heavy atom. The Kier molecular flexibility index (Phi) is 3.22. The average Bonchev–Trinajstić information content (AvgIpc) is 2.72. The minimum Gasteiger partial charge on any atom is -0.457 e. The van der Waals surface area contributed by atoms with Gasteiger partial charge in [-0.05, 0) is 13.0 Å². The highest BCUT2D eigenvalue weighted by Gasteiger charge is 2.26. The molecule has 0 fully saturated rings. The molecule has 0 aliphatic carbocycles. The average molecular weight is 255 g/mol. The van der Waals surface area contributed by atoms with Gasteiger partial charge < -0.3 is 9.26 Å². The molecule has 18 heavy (non-hydrogen) atoms. The highest BCUT2D eigenvalue weighted by atomic mass is 19.3. The predicted octanol–water partition coefficient (Wildman–Crippen LogP) is 2.46. The van der Waals surface area contributed by atoms with Gasteiger partial charge in [-0.2, -0.15) is 13.8 Å². The Morgan fingerprint density at radius 3 is 2.83 bits per heavy atom. The Morgan fingerprint density at radius 2 is 2.22 bits per heavy atom. The summed E-state index contributed by atoms with van der Waals surface area (Å²) in [7, 11) is 0. The third kappa shape index (κ3) is 2.79. The van der Waals surface area contributed by atoms with E-state index >= 15 is 0 Å². The smallest absolute Gasteiger partial charge is 0.317 e. The summed E-state index contributed by atoms with van der Waals surface area (Å²) in [5.74, 6) is -3.02. The highest BCUT2D eigenvalue weighted by Crippen LogP contribution is 2.25. The lowest BCUT2D eigenvalue weighted by atomic mass is 10.3. The van der Waals surface area contributed by atoms with Gasteiger partial charge in [-0.1, -0.05) is 5.16 Å². The minimum atomic E-state index is -3.02. The van der Waals surface area contributed by atoms with E-state index in [0.717, 1.165) is 18.6 Å². The van der Waals surface area contributed by atoms with Crippen molar-refractivity contribution in [3.8, 4) is 6.01 Å². The molecule has 0 aromatic carbocycles. The second kappa shape index (κ2) is 4.67. The van der Waals surface area contributed by atoms with E-state index in [4.69, 9.17) is 9.26 Å². The first-order valence-electron chi connectivity index (χ1n) is 5.21. The zero-order chi connectivity index (χ0) is 13.2. The van der Waals surface area contributed by atoms with E-state index in [-0.39, 0.29) is 18.3 Å². The number of rotatable bonds is 4. The number of aromatic nitrogens is 3. The third-order valence-corrected chi connectivity index (χ3v) is 2.27. The SMILES string of the molecule is Cc1conc1COc1nccc(C(C)(F)F)n1. The zero-order valence-electron chi connectivity index (χ0n) is 9.85. The molecule has 0 radical (unpaired) electrons. The van der Waals surface area contributed by atoms with E-state index in [1.54, 1.807) is 6.92 Å². The van der Waals surface area contributed by atoms with Crippen molar-refractivity contribution in [3.63, 3.8) is 0 Å². The number of halogens is 2. The highest BCUT2D eigenvalue weighted by molar-refractivity contribution is 5.13. The molecule has 0 atom stereocenters. The summed E-state index contributed by atoms with van der Waals surface area (Å²) < 4.78 is 36.0. The summed E-state index contributed by atoms with van der Waals surface area (Å²) in [6.07, 6.45) is 2.70. The van der Waals surface area contributed by atoms with Crippen molar-refractivity contribution in [2.45, 2.75) is 26.4 Å². The van der Waals surface area contributed by atoms with Gasteiger partial charge in [0.05, 0.1) is 0 Å². The van der Waals surface area contributed by atoms with Crippen LogP contribution in [-0.2, 0) is 12.5 Å². The van der Waals surface area contributed by atoms with E-state index in [1.807, 2.05) is 0 Å². The molecule has 0 spiro atoms. The van der Waals surface area contributed by atoms with Crippen molar-refractivity contribution >= 4 is 0 Å². The zero-order valence-corrected chi connectivity index (χ0v) is 9.85. The van der Waals surface area contributed by atoms with Gasteiger partial charge >= 0.3 is 6.01 Å². The van der Waals surface area contributed by atoms with Crippen molar-refractivity contribution in [2.24, 2.45) is 0 Å². The van der Waals surface area contributed by atoms with Crippen LogP contribution in [0.25, 0.3) is 0 Å². The van der Waals surface area contributed by atoms with Crippen LogP contribution in [0.1, 0.15) is 23.9 Å². The number of hydrogen-bond acceptors (Lipinski definition) is 5. The summed E-state index contributed by atoms with van der Waals surface area (Å²) in [6.45, 7) is 2.63. The van der Waals surface area contributed by atoms with Gasteiger partial charge in [0, 0.05) is 18.7 Å². The van der Waals surface area contributed by atoms with Gasteiger partial charge in [-0.15, -0.1) is 0 Å². The third-order valence-electron chi connectivity index (χ3n) is 2.27. The van der Waals surface area contributed by atoms with Crippen LogP contribution < -0.4 is 4.74 Å². The summed E-state index contributed by atoms with van der Waals surface area (Å²) in [5.41, 5.74) is 1.00. The van der Waals surface area contributed by atoms with Gasteiger partial charge in [-0.3, -0.25) is 0 Å². The minimum absolute atomic E-state index is 0.0705. The summed E-state index contributed by atoms with van der Waals surface area (Å²) in [6, 6.07) is 1.03. The van der Waals surface area contributed by atoms with Gasteiger partial charge in [0.2, 0.25) is 0 Å². The Labute approximate surface area is 102 Å².